The fourth-order valence-corrected chi connectivity index (χ4v) is 3.98. The van der Waals surface area contributed by atoms with Crippen molar-refractivity contribution in [2.75, 3.05) is 19.8 Å². The molecule has 1 saturated heterocycles. The number of alkyl carbamates (subject to hydrolysis) is 1. The standard InChI is InChI=1S/C24H47NO4/c1-2-3-4-5-6-7-8-9-10-11-12-13-14-15-16-19-25-24(27)29-22-18-17-20-28-23(22)21-26/h22-23,26H,2-21H2,1H3,(H,25,27)/t22-,23-/m0/s1. The summed E-state index contributed by atoms with van der Waals surface area (Å²) in [5.41, 5.74) is 0. The van der Waals surface area contributed by atoms with Crippen LogP contribution in [0.1, 0.15) is 116 Å². The van der Waals surface area contributed by atoms with Crippen molar-refractivity contribution < 1.29 is 19.4 Å². The second-order valence-corrected chi connectivity index (χ2v) is 8.55. The van der Waals surface area contributed by atoms with Gasteiger partial charge in [0, 0.05) is 13.2 Å². The summed E-state index contributed by atoms with van der Waals surface area (Å²) in [5, 5.41) is 12.1. The number of unbranched alkanes of at least 4 members (excludes halogenated alkanes) is 14. The molecule has 1 fully saturated rings. The fourth-order valence-electron chi connectivity index (χ4n) is 3.98. The molecule has 29 heavy (non-hydrogen) atoms. The second kappa shape index (κ2) is 19.2. The summed E-state index contributed by atoms with van der Waals surface area (Å²) in [5.74, 6) is 0. The minimum absolute atomic E-state index is 0.100. The first-order valence-corrected chi connectivity index (χ1v) is 12.4. The van der Waals surface area contributed by atoms with Crippen LogP contribution in [0.5, 0.6) is 0 Å². The summed E-state index contributed by atoms with van der Waals surface area (Å²) in [6.07, 6.45) is 20.6. The van der Waals surface area contributed by atoms with E-state index >= 15 is 0 Å². The molecule has 0 aliphatic carbocycles. The Labute approximate surface area is 179 Å². The molecule has 0 bridgehead atoms. The lowest BCUT2D eigenvalue weighted by molar-refractivity contribution is -0.0973. The van der Waals surface area contributed by atoms with Gasteiger partial charge in [-0.25, -0.2) is 4.79 Å². The molecule has 2 atom stereocenters. The van der Waals surface area contributed by atoms with Crippen molar-refractivity contribution in [2.45, 2.75) is 128 Å². The van der Waals surface area contributed by atoms with Gasteiger partial charge in [0.15, 0.2) is 0 Å². The first-order chi connectivity index (χ1) is 14.3. The molecule has 1 aliphatic heterocycles. The van der Waals surface area contributed by atoms with Crippen molar-refractivity contribution in [3.05, 3.63) is 0 Å². The molecule has 0 aromatic heterocycles. The molecule has 0 aromatic rings. The van der Waals surface area contributed by atoms with Gasteiger partial charge in [0.2, 0.25) is 0 Å². The van der Waals surface area contributed by atoms with Crippen LogP contribution >= 0.6 is 0 Å². The zero-order valence-corrected chi connectivity index (χ0v) is 19.0. The number of hydrogen-bond donors (Lipinski definition) is 2. The van der Waals surface area contributed by atoms with Gasteiger partial charge >= 0.3 is 6.09 Å². The van der Waals surface area contributed by atoms with Crippen molar-refractivity contribution in [1.29, 1.82) is 0 Å². The van der Waals surface area contributed by atoms with Crippen LogP contribution in [0, 0.1) is 0 Å². The number of aliphatic hydroxyl groups excluding tert-OH is 1. The molecule has 5 heteroatoms. The number of amides is 1. The largest absolute Gasteiger partial charge is 0.443 e. The van der Waals surface area contributed by atoms with Gasteiger partial charge in [-0.15, -0.1) is 0 Å². The van der Waals surface area contributed by atoms with Crippen molar-refractivity contribution in [1.82, 2.24) is 5.32 Å². The molecule has 2 N–H and O–H groups in total. The van der Waals surface area contributed by atoms with Gasteiger partial charge in [0.05, 0.1) is 6.61 Å². The molecule has 0 radical (unpaired) electrons. The van der Waals surface area contributed by atoms with E-state index in [-0.39, 0.29) is 24.9 Å². The Balaban J connectivity index is 1.80. The zero-order chi connectivity index (χ0) is 21.0. The molecule has 1 rings (SSSR count). The van der Waals surface area contributed by atoms with Gasteiger partial charge in [-0.1, -0.05) is 96.8 Å². The summed E-state index contributed by atoms with van der Waals surface area (Å²) >= 11 is 0. The first-order valence-electron chi connectivity index (χ1n) is 12.4. The van der Waals surface area contributed by atoms with E-state index in [0.29, 0.717) is 13.2 Å². The Bertz CT molecular complexity index is 378. The van der Waals surface area contributed by atoms with Gasteiger partial charge < -0.3 is 19.9 Å². The van der Waals surface area contributed by atoms with Crippen LogP contribution in [-0.4, -0.2) is 43.2 Å². The summed E-state index contributed by atoms with van der Waals surface area (Å²) in [6.45, 7) is 3.47. The van der Waals surface area contributed by atoms with E-state index in [9.17, 15) is 9.90 Å². The Morgan fingerprint density at radius 1 is 0.897 bits per heavy atom. The van der Waals surface area contributed by atoms with Crippen molar-refractivity contribution in [3.63, 3.8) is 0 Å². The molecule has 0 unspecified atom stereocenters. The highest BCUT2D eigenvalue weighted by atomic mass is 16.6. The van der Waals surface area contributed by atoms with Crippen LogP contribution in [-0.2, 0) is 9.47 Å². The Hall–Kier alpha value is -0.810. The highest BCUT2D eigenvalue weighted by Gasteiger charge is 2.28. The molecule has 172 valence electrons. The molecule has 5 nitrogen and oxygen atoms in total. The lowest BCUT2D eigenvalue weighted by Crippen LogP contribution is -2.42. The molecular weight excluding hydrogens is 366 g/mol. The number of aliphatic hydroxyl groups is 1. The van der Waals surface area contributed by atoms with Crippen LogP contribution in [0.3, 0.4) is 0 Å². The van der Waals surface area contributed by atoms with Gasteiger partial charge in [-0.3, -0.25) is 0 Å². The fraction of sp³-hybridized carbons (Fsp3) is 0.958. The summed E-state index contributed by atoms with van der Waals surface area (Å²) in [4.78, 5) is 11.9. The predicted octanol–water partition coefficient (Wildman–Crippen LogP) is 6.12. The van der Waals surface area contributed by atoms with Crippen molar-refractivity contribution >= 4 is 6.09 Å². The summed E-state index contributed by atoms with van der Waals surface area (Å²) in [6, 6.07) is 0. The van der Waals surface area contributed by atoms with Gasteiger partial charge in [0.25, 0.3) is 0 Å². The number of hydrogen-bond acceptors (Lipinski definition) is 4. The minimum Gasteiger partial charge on any atom is -0.443 e. The summed E-state index contributed by atoms with van der Waals surface area (Å²) in [7, 11) is 0. The van der Waals surface area contributed by atoms with E-state index in [2.05, 4.69) is 12.2 Å². The number of rotatable bonds is 18. The lowest BCUT2D eigenvalue weighted by Gasteiger charge is -2.29. The maximum Gasteiger partial charge on any atom is 0.407 e. The monoisotopic (exact) mass is 413 g/mol. The zero-order valence-electron chi connectivity index (χ0n) is 19.0. The SMILES string of the molecule is CCCCCCCCCCCCCCCCCNC(=O)O[C@H]1CCCO[C@H]1CO. The van der Waals surface area contributed by atoms with Crippen LogP contribution in [0.15, 0.2) is 0 Å². The molecule has 1 heterocycles. The maximum absolute atomic E-state index is 11.9. The third-order valence-corrected chi connectivity index (χ3v) is 5.87. The van der Waals surface area contributed by atoms with Crippen molar-refractivity contribution in [3.8, 4) is 0 Å². The molecule has 1 amide bonds. The average molecular weight is 414 g/mol. The van der Waals surface area contributed by atoms with Gasteiger partial charge in [-0.05, 0) is 19.3 Å². The van der Waals surface area contributed by atoms with Crippen LogP contribution < -0.4 is 5.32 Å². The van der Waals surface area contributed by atoms with E-state index in [1.165, 1.54) is 83.5 Å². The van der Waals surface area contributed by atoms with E-state index in [1.807, 2.05) is 0 Å². The predicted molar refractivity (Wildman–Crippen MR) is 119 cm³/mol. The van der Waals surface area contributed by atoms with Gasteiger partial charge in [-0.2, -0.15) is 0 Å². The summed E-state index contributed by atoms with van der Waals surface area (Å²) < 4.78 is 10.8. The maximum atomic E-state index is 11.9. The molecule has 0 saturated carbocycles. The van der Waals surface area contributed by atoms with E-state index in [0.717, 1.165) is 25.7 Å². The smallest absolute Gasteiger partial charge is 0.407 e. The number of carbonyl (C=O) groups excluding carboxylic acids is 1. The lowest BCUT2D eigenvalue weighted by atomic mass is 10.0. The minimum atomic E-state index is -0.385. The van der Waals surface area contributed by atoms with Crippen LogP contribution in [0.4, 0.5) is 4.79 Å². The molecular formula is C24H47NO4. The second-order valence-electron chi connectivity index (χ2n) is 8.55. The molecule has 1 aliphatic rings. The topological polar surface area (TPSA) is 67.8 Å². The highest BCUT2D eigenvalue weighted by Crippen LogP contribution is 2.17. The van der Waals surface area contributed by atoms with E-state index < -0.39 is 0 Å². The Kier molecular flexibility index (Phi) is 17.3. The Morgan fingerprint density at radius 3 is 1.93 bits per heavy atom. The Morgan fingerprint density at radius 2 is 1.41 bits per heavy atom. The van der Waals surface area contributed by atoms with E-state index in [4.69, 9.17) is 9.47 Å². The first kappa shape index (κ1) is 26.2. The van der Waals surface area contributed by atoms with Crippen LogP contribution in [0.25, 0.3) is 0 Å². The van der Waals surface area contributed by atoms with Crippen molar-refractivity contribution in [2.24, 2.45) is 0 Å². The average Bonchev–Trinajstić information content (AvgIpc) is 2.74. The van der Waals surface area contributed by atoms with E-state index in [1.54, 1.807) is 0 Å². The molecule has 0 spiro atoms. The highest BCUT2D eigenvalue weighted by molar-refractivity contribution is 5.67. The normalized spacial score (nSPS) is 19.2. The van der Waals surface area contributed by atoms with Crippen LogP contribution in [0.2, 0.25) is 0 Å². The third kappa shape index (κ3) is 14.8. The quantitative estimate of drug-likeness (QED) is 0.265. The molecule has 0 aromatic carbocycles. The number of carbonyl (C=O) groups is 1. The van der Waals surface area contributed by atoms with Gasteiger partial charge in [0.1, 0.15) is 12.2 Å². The third-order valence-electron chi connectivity index (χ3n) is 5.87. The number of ether oxygens (including phenoxy) is 2. The number of nitrogens with one attached hydrogen (secondary N) is 1.